The van der Waals surface area contributed by atoms with Gasteiger partial charge in [-0.25, -0.2) is 4.98 Å². The largest absolute Gasteiger partial charge is 0.474 e. The van der Waals surface area contributed by atoms with Gasteiger partial charge in [-0.1, -0.05) is 32.0 Å². The molecule has 3 heteroatoms. The summed E-state index contributed by atoms with van der Waals surface area (Å²) in [5.41, 5.74) is 1.06. The summed E-state index contributed by atoms with van der Waals surface area (Å²) >= 11 is 0. The first-order valence-electron chi connectivity index (χ1n) is 7.98. The molecular formula is C18H24N2O. The van der Waals surface area contributed by atoms with Crippen LogP contribution < -0.4 is 10.1 Å². The van der Waals surface area contributed by atoms with E-state index in [1.54, 1.807) is 0 Å². The number of aromatic nitrogens is 1. The average Bonchev–Trinajstić information content (AvgIpc) is 2.42. The highest BCUT2D eigenvalue weighted by Crippen LogP contribution is 2.30. The van der Waals surface area contributed by atoms with E-state index in [0.29, 0.717) is 12.0 Å². The Morgan fingerprint density at radius 2 is 2.10 bits per heavy atom. The van der Waals surface area contributed by atoms with E-state index >= 15 is 0 Å². The molecule has 1 heterocycles. The molecule has 0 spiro atoms. The van der Waals surface area contributed by atoms with Crippen molar-refractivity contribution in [2.24, 2.45) is 5.92 Å². The quantitative estimate of drug-likeness (QED) is 0.873. The molecule has 1 aliphatic rings. The Labute approximate surface area is 126 Å². The molecule has 21 heavy (non-hydrogen) atoms. The van der Waals surface area contributed by atoms with E-state index in [4.69, 9.17) is 9.72 Å². The van der Waals surface area contributed by atoms with E-state index in [-0.39, 0.29) is 0 Å². The third kappa shape index (κ3) is 3.53. The van der Waals surface area contributed by atoms with Crippen LogP contribution in [0.5, 0.6) is 5.88 Å². The SMILES string of the molecule is CC(C)CNCc1cc2ccccc2c(OC2CCC2)n1. The number of benzene rings is 1. The molecule has 0 aliphatic heterocycles. The zero-order chi connectivity index (χ0) is 14.7. The van der Waals surface area contributed by atoms with Crippen molar-refractivity contribution in [1.29, 1.82) is 0 Å². The molecule has 1 aliphatic carbocycles. The molecule has 0 saturated heterocycles. The highest BCUT2D eigenvalue weighted by molar-refractivity contribution is 5.87. The van der Waals surface area contributed by atoms with Crippen molar-refractivity contribution in [3.8, 4) is 5.88 Å². The summed E-state index contributed by atoms with van der Waals surface area (Å²) in [5.74, 6) is 1.45. The second-order valence-electron chi connectivity index (χ2n) is 6.34. The Morgan fingerprint density at radius 3 is 2.81 bits per heavy atom. The third-order valence-electron chi connectivity index (χ3n) is 3.95. The lowest BCUT2D eigenvalue weighted by Crippen LogP contribution is -2.25. The molecule has 1 fully saturated rings. The van der Waals surface area contributed by atoms with Crippen LogP contribution in [0, 0.1) is 5.92 Å². The van der Waals surface area contributed by atoms with Crippen LogP contribution >= 0.6 is 0 Å². The van der Waals surface area contributed by atoms with E-state index in [0.717, 1.165) is 42.9 Å². The predicted molar refractivity (Wildman–Crippen MR) is 86.6 cm³/mol. The van der Waals surface area contributed by atoms with Gasteiger partial charge in [0.05, 0.1) is 5.69 Å². The fraction of sp³-hybridized carbons (Fsp3) is 0.500. The molecule has 0 bridgehead atoms. The second-order valence-corrected chi connectivity index (χ2v) is 6.34. The van der Waals surface area contributed by atoms with Crippen LogP contribution in [-0.2, 0) is 6.54 Å². The van der Waals surface area contributed by atoms with Crippen LogP contribution in [0.3, 0.4) is 0 Å². The summed E-state index contributed by atoms with van der Waals surface area (Å²) in [7, 11) is 0. The normalized spacial score (nSPS) is 15.4. The first-order valence-corrected chi connectivity index (χ1v) is 7.98. The van der Waals surface area contributed by atoms with E-state index in [1.165, 1.54) is 11.8 Å². The number of hydrogen-bond acceptors (Lipinski definition) is 3. The zero-order valence-corrected chi connectivity index (χ0v) is 12.9. The number of fused-ring (bicyclic) bond motifs is 1. The van der Waals surface area contributed by atoms with Crippen molar-refractivity contribution in [2.75, 3.05) is 6.54 Å². The fourth-order valence-electron chi connectivity index (χ4n) is 2.54. The molecule has 3 nitrogen and oxygen atoms in total. The minimum atomic E-state index is 0.361. The van der Waals surface area contributed by atoms with Gasteiger partial charge in [-0.2, -0.15) is 0 Å². The van der Waals surface area contributed by atoms with Crippen molar-refractivity contribution in [3.05, 3.63) is 36.0 Å². The lowest BCUT2D eigenvalue weighted by molar-refractivity contribution is 0.116. The van der Waals surface area contributed by atoms with Crippen molar-refractivity contribution in [2.45, 2.75) is 45.8 Å². The van der Waals surface area contributed by atoms with Crippen molar-refractivity contribution in [1.82, 2.24) is 10.3 Å². The molecule has 1 N–H and O–H groups in total. The van der Waals surface area contributed by atoms with Gasteiger partial charge in [0.1, 0.15) is 6.10 Å². The summed E-state index contributed by atoms with van der Waals surface area (Å²) < 4.78 is 6.09. The molecule has 1 aromatic carbocycles. The maximum atomic E-state index is 6.09. The number of ether oxygens (including phenoxy) is 1. The van der Waals surface area contributed by atoms with Crippen LogP contribution in [-0.4, -0.2) is 17.6 Å². The summed E-state index contributed by atoms with van der Waals surface area (Å²) in [4.78, 5) is 4.73. The monoisotopic (exact) mass is 284 g/mol. The van der Waals surface area contributed by atoms with Gasteiger partial charge in [0.2, 0.25) is 5.88 Å². The topological polar surface area (TPSA) is 34.1 Å². The summed E-state index contributed by atoms with van der Waals surface area (Å²) in [6.07, 6.45) is 3.95. The molecule has 2 aromatic rings. The Morgan fingerprint density at radius 1 is 1.29 bits per heavy atom. The number of nitrogens with one attached hydrogen (secondary N) is 1. The Bertz CT molecular complexity index is 605. The van der Waals surface area contributed by atoms with Crippen molar-refractivity contribution < 1.29 is 4.74 Å². The number of hydrogen-bond donors (Lipinski definition) is 1. The van der Waals surface area contributed by atoms with Gasteiger partial charge < -0.3 is 10.1 Å². The van der Waals surface area contributed by atoms with Crippen LogP contribution in [0.1, 0.15) is 38.8 Å². The molecule has 0 radical (unpaired) electrons. The Balaban J connectivity index is 1.83. The molecule has 3 rings (SSSR count). The first kappa shape index (κ1) is 14.3. The van der Waals surface area contributed by atoms with E-state index in [2.05, 4.69) is 43.4 Å². The van der Waals surface area contributed by atoms with Crippen LogP contribution in [0.15, 0.2) is 30.3 Å². The van der Waals surface area contributed by atoms with Gasteiger partial charge in [0.15, 0.2) is 0 Å². The van der Waals surface area contributed by atoms with Gasteiger partial charge in [-0.3, -0.25) is 0 Å². The first-order chi connectivity index (χ1) is 10.2. The van der Waals surface area contributed by atoms with Gasteiger partial charge >= 0.3 is 0 Å². The number of pyridine rings is 1. The standard InChI is InChI=1S/C18H24N2O/c1-13(2)11-19-12-15-10-14-6-3-4-9-17(14)18(20-15)21-16-7-5-8-16/h3-4,6,9-10,13,16,19H,5,7-8,11-12H2,1-2H3. The van der Waals surface area contributed by atoms with Crippen LogP contribution in [0.4, 0.5) is 0 Å². The number of nitrogens with zero attached hydrogens (tertiary/aromatic N) is 1. The lowest BCUT2D eigenvalue weighted by Gasteiger charge is -2.26. The van der Waals surface area contributed by atoms with Crippen LogP contribution in [0.25, 0.3) is 10.8 Å². The minimum Gasteiger partial charge on any atom is -0.474 e. The molecule has 0 unspecified atom stereocenters. The van der Waals surface area contributed by atoms with Crippen LogP contribution in [0.2, 0.25) is 0 Å². The highest BCUT2D eigenvalue weighted by atomic mass is 16.5. The second kappa shape index (κ2) is 6.44. The minimum absolute atomic E-state index is 0.361. The Hall–Kier alpha value is -1.61. The van der Waals surface area contributed by atoms with E-state index in [9.17, 15) is 0 Å². The van der Waals surface area contributed by atoms with E-state index < -0.39 is 0 Å². The molecule has 1 saturated carbocycles. The van der Waals surface area contributed by atoms with Crippen molar-refractivity contribution in [3.63, 3.8) is 0 Å². The summed E-state index contributed by atoms with van der Waals surface area (Å²) in [6, 6.07) is 10.5. The lowest BCUT2D eigenvalue weighted by atomic mass is 9.96. The molecule has 0 atom stereocenters. The number of rotatable bonds is 6. The molecule has 112 valence electrons. The van der Waals surface area contributed by atoms with Gasteiger partial charge in [-0.15, -0.1) is 0 Å². The van der Waals surface area contributed by atoms with Gasteiger partial charge in [0, 0.05) is 11.9 Å². The maximum absolute atomic E-state index is 6.09. The average molecular weight is 284 g/mol. The maximum Gasteiger partial charge on any atom is 0.221 e. The molecule has 0 amide bonds. The summed E-state index contributed by atoms with van der Waals surface area (Å²) in [5, 5.41) is 5.79. The van der Waals surface area contributed by atoms with E-state index in [1.807, 2.05) is 6.07 Å². The zero-order valence-electron chi connectivity index (χ0n) is 12.9. The smallest absolute Gasteiger partial charge is 0.221 e. The van der Waals surface area contributed by atoms with Gasteiger partial charge in [-0.05, 0) is 49.2 Å². The summed E-state index contributed by atoms with van der Waals surface area (Å²) in [6.45, 7) is 6.23. The third-order valence-corrected chi connectivity index (χ3v) is 3.95. The van der Waals surface area contributed by atoms with Gasteiger partial charge in [0.25, 0.3) is 0 Å². The molecule has 1 aromatic heterocycles. The Kier molecular flexibility index (Phi) is 4.39. The fourth-order valence-corrected chi connectivity index (χ4v) is 2.54. The van der Waals surface area contributed by atoms with Crippen molar-refractivity contribution >= 4 is 10.8 Å². The highest BCUT2D eigenvalue weighted by Gasteiger charge is 2.21. The molecular weight excluding hydrogens is 260 g/mol. The predicted octanol–water partition coefficient (Wildman–Crippen LogP) is 3.91.